The molecule has 0 aliphatic rings. The molecule has 0 aliphatic carbocycles. The van der Waals surface area contributed by atoms with E-state index >= 15 is 0 Å². The van der Waals surface area contributed by atoms with E-state index in [1.165, 1.54) is 86.9 Å². The zero-order valence-corrected chi connectivity index (χ0v) is 30.2. The van der Waals surface area contributed by atoms with Crippen molar-refractivity contribution in [1.82, 2.24) is 0 Å². The molecule has 1 heteroatoms. The predicted molar refractivity (Wildman–Crippen MR) is 237 cm³/mol. The fourth-order valence-corrected chi connectivity index (χ4v) is 8.91. The van der Waals surface area contributed by atoms with Gasteiger partial charge in [0, 0.05) is 16.8 Å². The second-order valence-corrected chi connectivity index (χ2v) is 14.4. The smallest absolute Gasteiger partial charge is 0.0540 e. The lowest BCUT2D eigenvalue weighted by atomic mass is 9.85. The second kappa shape index (κ2) is 12.7. The molecule has 11 aromatic rings. The van der Waals surface area contributed by atoms with Crippen LogP contribution in [0.25, 0.3) is 86.9 Å². The van der Waals surface area contributed by atoms with Crippen LogP contribution in [-0.4, -0.2) is 0 Å². The van der Waals surface area contributed by atoms with E-state index in [9.17, 15) is 0 Å². The van der Waals surface area contributed by atoms with Gasteiger partial charge in [0.25, 0.3) is 0 Å². The first-order valence-electron chi connectivity index (χ1n) is 19.0. The lowest BCUT2D eigenvalue weighted by Gasteiger charge is -2.28. The van der Waals surface area contributed by atoms with Crippen LogP contribution in [0, 0.1) is 0 Å². The first kappa shape index (κ1) is 31.3. The predicted octanol–water partition coefficient (Wildman–Crippen LogP) is 15.4. The van der Waals surface area contributed by atoms with Crippen LogP contribution >= 0.6 is 0 Å². The first-order chi connectivity index (χ1) is 27.3. The normalized spacial score (nSPS) is 11.6. The van der Waals surface area contributed by atoms with Crippen molar-refractivity contribution in [3.05, 3.63) is 212 Å². The summed E-state index contributed by atoms with van der Waals surface area (Å²) in [6.07, 6.45) is 0. The molecule has 0 spiro atoms. The van der Waals surface area contributed by atoms with Crippen LogP contribution < -0.4 is 4.90 Å². The maximum absolute atomic E-state index is 2.47. The van der Waals surface area contributed by atoms with Gasteiger partial charge in [0.05, 0.1) is 5.69 Å². The lowest BCUT2D eigenvalue weighted by Crippen LogP contribution is -2.10. The minimum Gasteiger partial charge on any atom is -0.310 e. The summed E-state index contributed by atoms with van der Waals surface area (Å²) in [7, 11) is 0. The third-order valence-corrected chi connectivity index (χ3v) is 11.4. The number of rotatable bonds is 5. The van der Waals surface area contributed by atoms with Crippen LogP contribution in [0.2, 0.25) is 0 Å². The summed E-state index contributed by atoms with van der Waals surface area (Å²) in [5.41, 5.74) is 8.30. The highest BCUT2D eigenvalue weighted by molar-refractivity contribution is 6.22. The van der Waals surface area contributed by atoms with Crippen molar-refractivity contribution in [3.8, 4) is 22.3 Å². The molecule has 0 N–H and O–H groups in total. The Balaban J connectivity index is 1.25. The van der Waals surface area contributed by atoms with Gasteiger partial charge in [-0.3, -0.25) is 0 Å². The summed E-state index contributed by atoms with van der Waals surface area (Å²) in [6, 6.07) is 78.0. The average Bonchev–Trinajstić information content (AvgIpc) is 3.26. The van der Waals surface area contributed by atoms with E-state index in [0.717, 1.165) is 17.1 Å². The molecule has 0 saturated carbocycles. The van der Waals surface area contributed by atoms with Gasteiger partial charge in [0.1, 0.15) is 0 Å². The van der Waals surface area contributed by atoms with Crippen molar-refractivity contribution in [2.24, 2.45) is 0 Å². The molecule has 0 saturated heterocycles. The molecule has 11 rings (SSSR count). The van der Waals surface area contributed by atoms with Crippen LogP contribution in [0.15, 0.2) is 212 Å². The Hall–Kier alpha value is -7.22. The van der Waals surface area contributed by atoms with Crippen LogP contribution in [0.1, 0.15) is 0 Å². The van der Waals surface area contributed by atoms with Crippen molar-refractivity contribution in [3.63, 3.8) is 0 Å². The zero-order valence-electron chi connectivity index (χ0n) is 30.2. The summed E-state index contributed by atoms with van der Waals surface area (Å²) in [5, 5.41) is 14.9. The van der Waals surface area contributed by atoms with Crippen LogP contribution in [0.5, 0.6) is 0 Å². The molecule has 0 unspecified atom stereocenters. The summed E-state index contributed by atoms with van der Waals surface area (Å²) < 4.78 is 0. The highest BCUT2D eigenvalue weighted by Gasteiger charge is 2.22. The number of anilines is 3. The molecule has 55 heavy (non-hydrogen) atoms. The molecular weight excluding hydrogens is 663 g/mol. The van der Waals surface area contributed by atoms with E-state index in [1.807, 2.05) is 0 Å². The van der Waals surface area contributed by atoms with Gasteiger partial charge in [-0.1, -0.05) is 182 Å². The van der Waals surface area contributed by atoms with Gasteiger partial charge >= 0.3 is 0 Å². The largest absolute Gasteiger partial charge is 0.310 e. The highest BCUT2D eigenvalue weighted by Crippen LogP contribution is 2.48. The quantitative estimate of drug-likeness (QED) is 0.162. The maximum Gasteiger partial charge on any atom is 0.0540 e. The first-order valence-corrected chi connectivity index (χ1v) is 19.0. The second-order valence-electron chi connectivity index (χ2n) is 14.4. The number of nitrogens with zero attached hydrogens (tertiary/aromatic N) is 1. The Bertz CT molecular complexity index is 3250. The molecule has 11 aromatic carbocycles. The number of hydrogen-bond acceptors (Lipinski definition) is 1. The fourth-order valence-electron chi connectivity index (χ4n) is 8.91. The third kappa shape index (κ3) is 5.09. The third-order valence-electron chi connectivity index (χ3n) is 11.4. The standard InChI is InChI=1S/C54H35N/c1-3-16-38(17-4-1)53-50-23-12-11-22-47(50)48-33-30-42(35-51(48)54(53)39-18-5-2-6-19-39)55(41-29-32-45-40(34-41)27-26-36-14-7-9-20-43(36)45)52-25-13-24-46-44-21-10-8-15-37(44)28-31-49(46)52/h1-35H. The molecule has 0 radical (unpaired) electrons. The van der Waals surface area contributed by atoms with Crippen molar-refractivity contribution in [2.45, 2.75) is 0 Å². The summed E-state index contributed by atoms with van der Waals surface area (Å²) in [4.78, 5) is 2.47. The van der Waals surface area contributed by atoms with Gasteiger partial charge in [-0.05, 0) is 112 Å². The van der Waals surface area contributed by atoms with Gasteiger partial charge in [0.15, 0.2) is 0 Å². The maximum atomic E-state index is 2.47. The molecule has 0 heterocycles. The van der Waals surface area contributed by atoms with Crippen molar-refractivity contribution in [2.75, 3.05) is 4.90 Å². The molecule has 0 aliphatic heterocycles. The van der Waals surface area contributed by atoms with Gasteiger partial charge in [-0.2, -0.15) is 0 Å². The monoisotopic (exact) mass is 697 g/mol. The summed E-state index contributed by atoms with van der Waals surface area (Å²) in [6.45, 7) is 0. The van der Waals surface area contributed by atoms with Crippen LogP contribution in [0.4, 0.5) is 17.1 Å². The molecule has 256 valence electrons. The Kier molecular flexibility index (Phi) is 7.25. The van der Waals surface area contributed by atoms with Crippen molar-refractivity contribution >= 4 is 81.7 Å². The number of benzene rings is 11. The Morgan fingerprint density at radius 2 is 0.673 bits per heavy atom. The van der Waals surface area contributed by atoms with E-state index in [1.54, 1.807) is 0 Å². The summed E-state index contributed by atoms with van der Waals surface area (Å²) >= 11 is 0. The van der Waals surface area contributed by atoms with E-state index in [2.05, 4.69) is 217 Å². The van der Waals surface area contributed by atoms with Gasteiger partial charge in [-0.25, -0.2) is 0 Å². The van der Waals surface area contributed by atoms with Gasteiger partial charge in [-0.15, -0.1) is 0 Å². The van der Waals surface area contributed by atoms with Crippen LogP contribution in [-0.2, 0) is 0 Å². The Labute approximate surface area is 320 Å². The van der Waals surface area contributed by atoms with Crippen molar-refractivity contribution < 1.29 is 0 Å². The van der Waals surface area contributed by atoms with Crippen molar-refractivity contribution in [1.29, 1.82) is 0 Å². The minimum absolute atomic E-state index is 1.11. The molecule has 0 atom stereocenters. The van der Waals surface area contributed by atoms with E-state index < -0.39 is 0 Å². The van der Waals surface area contributed by atoms with Gasteiger partial charge < -0.3 is 4.90 Å². The molecule has 0 amide bonds. The molecule has 0 fully saturated rings. The molecular formula is C54H35N. The number of fused-ring (bicyclic) bond motifs is 9. The van der Waals surface area contributed by atoms with E-state index in [4.69, 9.17) is 0 Å². The molecule has 1 nitrogen and oxygen atoms in total. The van der Waals surface area contributed by atoms with Gasteiger partial charge in [0.2, 0.25) is 0 Å². The fraction of sp³-hybridized carbons (Fsp3) is 0. The lowest BCUT2D eigenvalue weighted by molar-refractivity contribution is 1.31. The van der Waals surface area contributed by atoms with E-state index in [0.29, 0.717) is 0 Å². The average molecular weight is 698 g/mol. The Morgan fingerprint density at radius 1 is 0.236 bits per heavy atom. The Morgan fingerprint density at radius 3 is 1.38 bits per heavy atom. The topological polar surface area (TPSA) is 3.24 Å². The molecule has 0 bridgehead atoms. The van der Waals surface area contributed by atoms with Crippen LogP contribution in [0.3, 0.4) is 0 Å². The molecule has 0 aromatic heterocycles. The summed E-state index contributed by atoms with van der Waals surface area (Å²) in [5.74, 6) is 0. The minimum atomic E-state index is 1.11. The number of hydrogen-bond donors (Lipinski definition) is 0. The van der Waals surface area contributed by atoms with E-state index in [-0.39, 0.29) is 0 Å². The highest BCUT2D eigenvalue weighted by atomic mass is 15.1. The zero-order chi connectivity index (χ0) is 36.3. The SMILES string of the molecule is c1ccc(-c2c(-c3ccccc3)c3cc(N(c4ccc5c(ccc6ccccc65)c4)c4cccc5c4ccc4ccccc45)ccc3c3ccccc23)cc1.